The number of nitrogens with zero attached hydrogens (tertiary/aromatic N) is 2. The first-order valence-electron chi connectivity index (χ1n) is 6.98. The van der Waals surface area contributed by atoms with E-state index in [1.807, 2.05) is 35.2 Å². The number of rotatable bonds is 4. The molecule has 0 N–H and O–H groups in total. The molecule has 1 aliphatic rings. The quantitative estimate of drug-likeness (QED) is 0.844. The van der Waals surface area contributed by atoms with Crippen molar-refractivity contribution >= 4 is 5.91 Å². The molecule has 1 amide bonds. The maximum Gasteiger partial charge on any atom is 0.244 e. The minimum absolute atomic E-state index is 0.0838. The van der Waals surface area contributed by atoms with E-state index in [-0.39, 0.29) is 5.91 Å². The Kier molecular flexibility index (Phi) is 5.14. The van der Waals surface area contributed by atoms with Crippen molar-refractivity contribution in [2.45, 2.75) is 18.8 Å². The van der Waals surface area contributed by atoms with Crippen LogP contribution in [0.5, 0.6) is 0 Å². The molecule has 1 aromatic carbocycles. The van der Waals surface area contributed by atoms with Crippen molar-refractivity contribution in [3.8, 4) is 6.07 Å². The number of ether oxygens (including phenoxy) is 1. The van der Waals surface area contributed by atoms with E-state index >= 15 is 0 Å². The SMILES string of the molecule is COCC1CCCN(C(=O)C(C#N)c2ccccc2)C1. The molecular weight excluding hydrogens is 252 g/mol. The van der Waals surface area contributed by atoms with Crippen LogP contribution >= 0.6 is 0 Å². The summed E-state index contributed by atoms with van der Waals surface area (Å²) in [5.41, 5.74) is 0.772. The molecule has 2 unspecified atom stereocenters. The van der Waals surface area contributed by atoms with Gasteiger partial charge in [0.2, 0.25) is 5.91 Å². The molecule has 0 bridgehead atoms. The number of hydrogen-bond acceptors (Lipinski definition) is 3. The summed E-state index contributed by atoms with van der Waals surface area (Å²) in [6, 6.07) is 11.4. The zero-order valence-electron chi connectivity index (χ0n) is 11.8. The molecule has 1 saturated heterocycles. The molecule has 0 aliphatic carbocycles. The molecule has 106 valence electrons. The van der Waals surface area contributed by atoms with E-state index in [4.69, 9.17) is 4.74 Å². The van der Waals surface area contributed by atoms with Gasteiger partial charge in [-0.05, 0) is 24.3 Å². The number of nitriles is 1. The van der Waals surface area contributed by atoms with Gasteiger partial charge in [-0.3, -0.25) is 4.79 Å². The lowest BCUT2D eigenvalue weighted by atomic mass is 9.95. The highest BCUT2D eigenvalue weighted by atomic mass is 16.5. The van der Waals surface area contributed by atoms with E-state index in [2.05, 4.69) is 6.07 Å². The molecule has 0 aromatic heterocycles. The van der Waals surface area contributed by atoms with Crippen molar-refractivity contribution in [2.75, 3.05) is 26.8 Å². The van der Waals surface area contributed by atoms with E-state index in [0.29, 0.717) is 19.1 Å². The van der Waals surface area contributed by atoms with Crippen molar-refractivity contribution in [1.82, 2.24) is 4.90 Å². The van der Waals surface area contributed by atoms with Crippen molar-refractivity contribution in [2.24, 2.45) is 5.92 Å². The number of piperidine rings is 1. The van der Waals surface area contributed by atoms with E-state index in [1.165, 1.54) is 0 Å². The van der Waals surface area contributed by atoms with Crippen LogP contribution in [0.4, 0.5) is 0 Å². The third-order valence-corrected chi connectivity index (χ3v) is 3.74. The molecule has 20 heavy (non-hydrogen) atoms. The summed E-state index contributed by atoms with van der Waals surface area (Å²) in [5.74, 6) is -0.398. The standard InChI is InChI=1S/C16H20N2O2/c1-20-12-13-6-5-9-18(11-13)16(19)15(10-17)14-7-3-2-4-8-14/h2-4,7-8,13,15H,5-6,9,11-12H2,1H3. The second kappa shape index (κ2) is 7.06. The predicted molar refractivity (Wildman–Crippen MR) is 76.0 cm³/mol. The molecule has 0 radical (unpaired) electrons. The molecule has 0 spiro atoms. The highest BCUT2D eigenvalue weighted by Crippen LogP contribution is 2.23. The van der Waals surface area contributed by atoms with Crippen LogP contribution < -0.4 is 0 Å². The van der Waals surface area contributed by atoms with Crippen LogP contribution in [0.1, 0.15) is 24.3 Å². The monoisotopic (exact) mass is 272 g/mol. The molecular formula is C16H20N2O2. The van der Waals surface area contributed by atoms with Crippen LogP contribution in [-0.2, 0) is 9.53 Å². The molecule has 0 saturated carbocycles. The Morgan fingerprint density at radius 1 is 1.50 bits per heavy atom. The Morgan fingerprint density at radius 2 is 2.25 bits per heavy atom. The third-order valence-electron chi connectivity index (χ3n) is 3.74. The van der Waals surface area contributed by atoms with Crippen LogP contribution in [0.25, 0.3) is 0 Å². The van der Waals surface area contributed by atoms with Crippen molar-refractivity contribution < 1.29 is 9.53 Å². The molecule has 2 atom stereocenters. The van der Waals surface area contributed by atoms with Crippen LogP contribution in [0, 0.1) is 17.2 Å². The first-order valence-corrected chi connectivity index (χ1v) is 6.98. The normalized spacial score (nSPS) is 20.2. The van der Waals surface area contributed by atoms with Crippen molar-refractivity contribution in [3.05, 3.63) is 35.9 Å². The largest absolute Gasteiger partial charge is 0.384 e. The van der Waals surface area contributed by atoms with Gasteiger partial charge in [0.15, 0.2) is 0 Å². The predicted octanol–water partition coefficient (Wildman–Crippen LogP) is 2.18. The maximum atomic E-state index is 12.5. The van der Waals surface area contributed by atoms with Crippen LogP contribution in [0.15, 0.2) is 30.3 Å². The van der Waals surface area contributed by atoms with E-state index in [9.17, 15) is 10.1 Å². The summed E-state index contributed by atoms with van der Waals surface area (Å²) in [6.07, 6.45) is 2.06. The summed E-state index contributed by atoms with van der Waals surface area (Å²) in [7, 11) is 1.68. The average molecular weight is 272 g/mol. The van der Waals surface area contributed by atoms with Gasteiger partial charge < -0.3 is 9.64 Å². The minimum atomic E-state index is -0.697. The fraction of sp³-hybridized carbons (Fsp3) is 0.500. The summed E-state index contributed by atoms with van der Waals surface area (Å²) >= 11 is 0. The zero-order chi connectivity index (χ0) is 14.4. The Bertz CT molecular complexity index is 479. The molecule has 2 rings (SSSR count). The minimum Gasteiger partial charge on any atom is -0.384 e. The summed E-state index contributed by atoms with van der Waals surface area (Å²) in [6.45, 7) is 2.11. The van der Waals surface area contributed by atoms with Gasteiger partial charge in [0, 0.05) is 20.2 Å². The molecule has 1 fully saturated rings. The number of likely N-dealkylation sites (tertiary alicyclic amines) is 1. The molecule has 1 heterocycles. The molecule has 1 aromatic rings. The van der Waals surface area contributed by atoms with Gasteiger partial charge in [-0.2, -0.15) is 5.26 Å². The van der Waals surface area contributed by atoms with Gasteiger partial charge in [0.1, 0.15) is 5.92 Å². The van der Waals surface area contributed by atoms with Crippen molar-refractivity contribution in [1.29, 1.82) is 5.26 Å². The van der Waals surface area contributed by atoms with Gasteiger partial charge in [-0.1, -0.05) is 30.3 Å². The van der Waals surface area contributed by atoms with E-state index < -0.39 is 5.92 Å². The highest BCUT2D eigenvalue weighted by molar-refractivity contribution is 5.86. The van der Waals surface area contributed by atoms with Crippen LogP contribution in [-0.4, -0.2) is 37.6 Å². The van der Waals surface area contributed by atoms with Gasteiger partial charge in [-0.25, -0.2) is 0 Å². The van der Waals surface area contributed by atoms with Gasteiger partial charge >= 0.3 is 0 Å². The summed E-state index contributed by atoms with van der Waals surface area (Å²) < 4.78 is 5.18. The van der Waals surface area contributed by atoms with Crippen LogP contribution in [0.3, 0.4) is 0 Å². The number of hydrogen-bond donors (Lipinski definition) is 0. The topological polar surface area (TPSA) is 53.3 Å². The Morgan fingerprint density at radius 3 is 2.90 bits per heavy atom. The first kappa shape index (κ1) is 14.5. The Labute approximate surface area is 120 Å². The second-order valence-corrected chi connectivity index (χ2v) is 5.22. The highest BCUT2D eigenvalue weighted by Gasteiger charge is 2.29. The number of methoxy groups -OCH3 is 1. The molecule has 4 nitrogen and oxygen atoms in total. The second-order valence-electron chi connectivity index (χ2n) is 5.22. The number of carbonyl (C=O) groups is 1. The zero-order valence-corrected chi connectivity index (χ0v) is 11.8. The average Bonchev–Trinajstić information content (AvgIpc) is 2.50. The summed E-state index contributed by atoms with van der Waals surface area (Å²) in [5, 5.41) is 9.33. The Balaban J connectivity index is 2.07. The van der Waals surface area contributed by atoms with Gasteiger partial charge in [-0.15, -0.1) is 0 Å². The maximum absolute atomic E-state index is 12.5. The molecule has 1 aliphatic heterocycles. The van der Waals surface area contributed by atoms with Gasteiger partial charge in [0.05, 0.1) is 12.7 Å². The Hall–Kier alpha value is -1.86. The smallest absolute Gasteiger partial charge is 0.244 e. The number of benzene rings is 1. The lowest BCUT2D eigenvalue weighted by Crippen LogP contribution is -2.43. The van der Waals surface area contributed by atoms with E-state index in [0.717, 1.165) is 24.9 Å². The molecule has 4 heteroatoms. The fourth-order valence-corrected chi connectivity index (χ4v) is 2.74. The number of amides is 1. The number of carbonyl (C=O) groups excluding carboxylic acids is 1. The van der Waals surface area contributed by atoms with E-state index in [1.54, 1.807) is 7.11 Å². The first-order chi connectivity index (χ1) is 9.76. The lowest BCUT2D eigenvalue weighted by molar-refractivity contribution is -0.133. The lowest BCUT2D eigenvalue weighted by Gasteiger charge is -2.33. The van der Waals surface area contributed by atoms with Gasteiger partial charge in [0.25, 0.3) is 0 Å². The third kappa shape index (κ3) is 3.37. The van der Waals surface area contributed by atoms with Crippen molar-refractivity contribution in [3.63, 3.8) is 0 Å². The summed E-state index contributed by atoms with van der Waals surface area (Å²) in [4.78, 5) is 14.4. The fourth-order valence-electron chi connectivity index (χ4n) is 2.74. The van der Waals surface area contributed by atoms with Crippen LogP contribution in [0.2, 0.25) is 0 Å².